The maximum Gasteiger partial charge on any atom is 0.523 e. The predicted molar refractivity (Wildman–Crippen MR) is 37.6 cm³/mol. The molecule has 0 amide bonds. The van der Waals surface area contributed by atoms with Crippen molar-refractivity contribution < 1.29 is 35.3 Å². The predicted octanol–water partition coefficient (Wildman–Crippen LogP) is 0.416. The Balaban J connectivity index is 3.97. The number of hydrogen-bond acceptors (Lipinski definition) is 5. The van der Waals surface area contributed by atoms with E-state index in [0.29, 0.717) is 0 Å². The third-order valence-corrected chi connectivity index (χ3v) is 1.95. The average Bonchev–Trinajstić information content (AvgIpc) is 1.95. The molecule has 0 radical (unpaired) electrons. The molecule has 0 saturated carbocycles. The van der Waals surface area contributed by atoms with Crippen molar-refractivity contribution in [1.29, 1.82) is 0 Å². The molecule has 9 heteroatoms. The molecule has 0 aliphatic carbocycles. The van der Waals surface area contributed by atoms with Crippen molar-refractivity contribution in [2.24, 2.45) is 0 Å². The van der Waals surface area contributed by atoms with E-state index in [1.54, 1.807) is 0 Å². The normalized spacial score (nSPS) is 12.6. The van der Waals surface area contributed by atoms with Gasteiger partial charge in [0.25, 0.3) is 0 Å². The fourth-order valence-electron chi connectivity index (χ4n) is 0.396. The van der Waals surface area contributed by atoms with E-state index in [0.717, 1.165) is 6.92 Å². The zero-order chi connectivity index (χ0) is 11.4. The summed E-state index contributed by atoms with van der Waals surface area (Å²) in [6.45, 7) is -0.385. The maximum atomic E-state index is 11.6. The van der Waals surface area contributed by atoms with Crippen molar-refractivity contribution in [2.75, 3.05) is 13.2 Å². The molecule has 0 rings (SSSR count). The molecular formula is C5H7F3O5S. The fraction of sp³-hybridized carbons (Fsp3) is 0.800. The third-order valence-electron chi connectivity index (χ3n) is 0.911. The molecule has 5 nitrogen and oxygen atoms in total. The Morgan fingerprint density at radius 3 is 2.14 bits per heavy atom. The van der Waals surface area contributed by atoms with Crippen LogP contribution in [-0.4, -0.2) is 33.1 Å². The summed E-state index contributed by atoms with van der Waals surface area (Å²) in [6.07, 6.45) is 0. The van der Waals surface area contributed by atoms with Crippen molar-refractivity contribution in [3.8, 4) is 0 Å². The van der Waals surface area contributed by atoms with Gasteiger partial charge in [0.1, 0.15) is 13.2 Å². The summed E-state index contributed by atoms with van der Waals surface area (Å²) in [7, 11) is -5.59. The van der Waals surface area contributed by atoms with Gasteiger partial charge in [-0.2, -0.15) is 21.6 Å². The van der Waals surface area contributed by atoms with Crippen LogP contribution < -0.4 is 0 Å². The van der Waals surface area contributed by atoms with Crippen molar-refractivity contribution in [3.05, 3.63) is 0 Å². The van der Waals surface area contributed by atoms with Gasteiger partial charge in [0.2, 0.25) is 0 Å². The summed E-state index contributed by atoms with van der Waals surface area (Å²) in [4.78, 5) is 10.1. The Morgan fingerprint density at radius 1 is 1.29 bits per heavy atom. The second kappa shape index (κ2) is 4.60. The van der Waals surface area contributed by atoms with Gasteiger partial charge < -0.3 is 4.74 Å². The van der Waals surface area contributed by atoms with E-state index in [-0.39, 0.29) is 0 Å². The van der Waals surface area contributed by atoms with Gasteiger partial charge in [0, 0.05) is 6.92 Å². The van der Waals surface area contributed by atoms with Gasteiger partial charge in [-0.15, -0.1) is 0 Å². The van der Waals surface area contributed by atoms with Gasteiger partial charge in [-0.05, 0) is 0 Å². The van der Waals surface area contributed by atoms with E-state index in [9.17, 15) is 26.4 Å². The monoisotopic (exact) mass is 236 g/mol. The van der Waals surface area contributed by atoms with E-state index in [1.807, 2.05) is 0 Å². The summed E-state index contributed by atoms with van der Waals surface area (Å²) in [5.41, 5.74) is -5.46. The number of rotatable bonds is 4. The molecule has 0 aromatic heterocycles. The van der Waals surface area contributed by atoms with Crippen LogP contribution in [0.2, 0.25) is 0 Å². The topological polar surface area (TPSA) is 69.7 Å². The van der Waals surface area contributed by atoms with Crippen LogP contribution in [0.4, 0.5) is 13.2 Å². The first-order valence-corrected chi connectivity index (χ1v) is 4.66. The van der Waals surface area contributed by atoms with Crippen LogP contribution >= 0.6 is 0 Å². The minimum atomic E-state index is -5.59. The van der Waals surface area contributed by atoms with Gasteiger partial charge in [0.15, 0.2) is 0 Å². The zero-order valence-electron chi connectivity index (χ0n) is 7.00. The highest BCUT2D eigenvalue weighted by Gasteiger charge is 2.47. The first-order chi connectivity index (χ1) is 6.17. The van der Waals surface area contributed by atoms with Crippen LogP contribution in [0.15, 0.2) is 0 Å². The number of esters is 1. The van der Waals surface area contributed by atoms with E-state index >= 15 is 0 Å². The fourth-order valence-corrected chi connectivity index (χ4v) is 0.817. The van der Waals surface area contributed by atoms with Gasteiger partial charge in [-0.25, -0.2) is 0 Å². The van der Waals surface area contributed by atoms with Gasteiger partial charge in [0.05, 0.1) is 0 Å². The molecule has 0 atom stereocenters. The van der Waals surface area contributed by atoms with Crippen molar-refractivity contribution >= 4 is 16.1 Å². The minimum Gasteiger partial charge on any atom is -0.463 e. The summed E-state index contributed by atoms with van der Waals surface area (Å²) < 4.78 is 62.9. The van der Waals surface area contributed by atoms with Crippen LogP contribution in [0, 0.1) is 0 Å². The number of alkyl halides is 3. The third kappa shape index (κ3) is 4.42. The SMILES string of the molecule is CC(=O)OCCOS(=O)(=O)C(F)(F)F. The Bertz CT molecular complexity index is 293. The Hall–Kier alpha value is -0.830. The van der Waals surface area contributed by atoms with Gasteiger partial charge in [-0.3, -0.25) is 8.98 Å². The van der Waals surface area contributed by atoms with Crippen molar-refractivity contribution in [3.63, 3.8) is 0 Å². The molecule has 0 fully saturated rings. The van der Waals surface area contributed by atoms with Crippen LogP contribution in [0.25, 0.3) is 0 Å². The maximum absolute atomic E-state index is 11.6. The van der Waals surface area contributed by atoms with Gasteiger partial charge in [-0.1, -0.05) is 0 Å². The molecule has 0 N–H and O–H groups in total. The van der Waals surface area contributed by atoms with Crippen molar-refractivity contribution in [2.45, 2.75) is 12.4 Å². The molecule has 0 aromatic rings. The first kappa shape index (κ1) is 13.2. The highest BCUT2D eigenvalue weighted by molar-refractivity contribution is 7.87. The Labute approximate surface area is 77.9 Å². The zero-order valence-corrected chi connectivity index (χ0v) is 7.81. The molecule has 0 unspecified atom stereocenters. The summed E-state index contributed by atoms with van der Waals surface area (Å²) >= 11 is 0. The van der Waals surface area contributed by atoms with E-state index < -0.39 is 34.8 Å². The molecule has 0 spiro atoms. The number of hydrogen-bond donors (Lipinski definition) is 0. The molecule has 0 aliphatic heterocycles. The van der Waals surface area contributed by atoms with E-state index in [2.05, 4.69) is 8.92 Å². The molecule has 84 valence electrons. The van der Waals surface area contributed by atoms with E-state index in [4.69, 9.17) is 0 Å². The Kier molecular flexibility index (Phi) is 4.33. The van der Waals surface area contributed by atoms with Crippen LogP contribution in [0.3, 0.4) is 0 Å². The quantitative estimate of drug-likeness (QED) is 0.306. The van der Waals surface area contributed by atoms with Crippen molar-refractivity contribution in [1.82, 2.24) is 0 Å². The highest BCUT2D eigenvalue weighted by Crippen LogP contribution is 2.24. The average molecular weight is 236 g/mol. The van der Waals surface area contributed by atoms with Gasteiger partial charge >= 0.3 is 21.6 Å². The summed E-state index contributed by atoms with van der Waals surface area (Å²) in [6, 6.07) is 0. The molecule has 0 heterocycles. The lowest BCUT2D eigenvalue weighted by atomic mass is 10.7. The van der Waals surface area contributed by atoms with Crippen LogP contribution in [0.1, 0.15) is 6.92 Å². The molecular weight excluding hydrogens is 229 g/mol. The Morgan fingerprint density at radius 2 is 1.79 bits per heavy atom. The van der Waals surface area contributed by atoms with Crippen LogP contribution in [-0.2, 0) is 23.8 Å². The second-order valence-electron chi connectivity index (χ2n) is 2.06. The lowest BCUT2D eigenvalue weighted by Crippen LogP contribution is -2.27. The number of carbonyl (C=O) groups excluding carboxylic acids is 1. The molecule has 0 bridgehead atoms. The second-order valence-corrected chi connectivity index (χ2v) is 3.67. The number of halogens is 3. The van der Waals surface area contributed by atoms with E-state index in [1.165, 1.54) is 0 Å². The number of carbonyl (C=O) groups is 1. The minimum absolute atomic E-state index is 0.551. The lowest BCUT2D eigenvalue weighted by molar-refractivity contribution is -0.141. The standard InChI is InChI=1S/C5H7F3O5S/c1-4(9)12-2-3-13-14(10,11)5(6,7)8/h2-3H2,1H3. The number of ether oxygens (including phenoxy) is 1. The van der Waals surface area contributed by atoms with Crippen LogP contribution in [0.5, 0.6) is 0 Å². The molecule has 14 heavy (non-hydrogen) atoms. The largest absolute Gasteiger partial charge is 0.523 e. The lowest BCUT2D eigenvalue weighted by Gasteiger charge is -2.07. The summed E-state index contributed by atoms with van der Waals surface area (Å²) in [5.74, 6) is -0.738. The highest BCUT2D eigenvalue weighted by atomic mass is 32.2. The molecule has 0 saturated heterocycles. The molecule has 0 aliphatic rings. The summed E-state index contributed by atoms with van der Waals surface area (Å²) in [5, 5.41) is 0. The first-order valence-electron chi connectivity index (χ1n) is 3.26. The molecule has 0 aromatic carbocycles. The smallest absolute Gasteiger partial charge is 0.463 e.